The highest BCUT2D eigenvalue weighted by Gasteiger charge is 2.40. The molecule has 2 aromatic carbocycles. The number of carbonyl (C=O) groups excluding carboxylic acids is 4. The molecule has 0 saturated heterocycles. The van der Waals surface area contributed by atoms with Gasteiger partial charge >= 0.3 is 0 Å². The van der Waals surface area contributed by atoms with Gasteiger partial charge in [-0.05, 0) is 12.1 Å². The Hall–Kier alpha value is -4.48. The van der Waals surface area contributed by atoms with Crippen LogP contribution in [0.4, 0.5) is 11.4 Å². The van der Waals surface area contributed by atoms with E-state index in [0.29, 0.717) is 0 Å². The monoisotopic (exact) mass is 410 g/mol. The zero-order valence-electron chi connectivity index (χ0n) is 15.4. The van der Waals surface area contributed by atoms with Gasteiger partial charge in [-0.2, -0.15) is 0 Å². The van der Waals surface area contributed by atoms with Gasteiger partial charge in [-0.15, -0.1) is 0 Å². The maximum atomic E-state index is 12.3. The SMILES string of the molecule is CN1C(=O)c2cc(-c3cc4c(cc3[N+](=O)[O-])C(=O)N(C)C4=O)c([N+](=O)[O-])cc2C1=O. The number of hydrogen-bond donors (Lipinski definition) is 0. The van der Waals surface area contributed by atoms with E-state index in [4.69, 9.17) is 0 Å². The van der Waals surface area contributed by atoms with Crippen LogP contribution in [0.5, 0.6) is 0 Å². The first kappa shape index (κ1) is 18.9. The van der Waals surface area contributed by atoms with E-state index in [0.717, 1.165) is 34.1 Å². The van der Waals surface area contributed by atoms with Crippen LogP contribution < -0.4 is 0 Å². The Morgan fingerprint density at radius 1 is 0.567 bits per heavy atom. The molecule has 12 nitrogen and oxygen atoms in total. The molecule has 0 N–H and O–H groups in total. The largest absolute Gasteiger partial charge is 0.278 e. The van der Waals surface area contributed by atoms with Gasteiger partial charge in [-0.3, -0.25) is 49.2 Å². The van der Waals surface area contributed by atoms with Crippen molar-refractivity contribution >= 4 is 35.0 Å². The average molecular weight is 410 g/mol. The molecule has 12 heteroatoms. The molecule has 0 unspecified atom stereocenters. The molecule has 0 spiro atoms. The van der Waals surface area contributed by atoms with Crippen molar-refractivity contribution in [2.75, 3.05) is 14.1 Å². The summed E-state index contributed by atoms with van der Waals surface area (Å²) in [6.45, 7) is 0. The quantitative estimate of drug-likeness (QED) is 0.419. The van der Waals surface area contributed by atoms with Crippen molar-refractivity contribution in [3.8, 4) is 11.1 Å². The number of hydrogen-bond acceptors (Lipinski definition) is 8. The Bertz CT molecular complexity index is 1170. The standard InChI is InChI=1S/C18H10N4O8/c1-19-15(23)9-3-7(13(21(27)28)5-11(9)17(19)25)8-4-10-12(6-14(8)22(29)30)18(26)20(2)16(10)24/h3-6H,1-2H3. The van der Waals surface area contributed by atoms with Gasteiger partial charge in [-0.1, -0.05) is 0 Å². The molecule has 2 aliphatic heterocycles. The molecular formula is C18H10N4O8. The van der Waals surface area contributed by atoms with Crippen LogP contribution in [0.15, 0.2) is 24.3 Å². The molecule has 0 aliphatic carbocycles. The van der Waals surface area contributed by atoms with Gasteiger partial charge in [0, 0.05) is 26.2 Å². The Morgan fingerprint density at radius 3 is 1.10 bits per heavy atom. The summed E-state index contributed by atoms with van der Waals surface area (Å²) in [5.41, 5.74) is -2.66. The molecule has 0 fully saturated rings. The molecule has 150 valence electrons. The predicted octanol–water partition coefficient (Wildman–Crippen LogP) is 1.62. The maximum Gasteiger partial charge on any atom is 0.278 e. The van der Waals surface area contributed by atoms with Crippen molar-refractivity contribution in [1.29, 1.82) is 0 Å². The Balaban J connectivity index is 2.07. The highest BCUT2D eigenvalue weighted by Crippen LogP contribution is 2.42. The van der Waals surface area contributed by atoms with Gasteiger partial charge in [0.05, 0.1) is 43.2 Å². The van der Waals surface area contributed by atoms with E-state index in [-0.39, 0.29) is 33.4 Å². The zero-order chi connectivity index (χ0) is 22.1. The van der Waals surface area contributed by atoms with E-state index in [1.54, 1.807) is 0 Å². The highest BCUT2D eigenvalue weighted by atomic mass is 16.6. The number of rotatable bonds is 3. The number of nitrogens with zero attached hydrogens (tertiary/aromatic N) is 4. The van der Waals surface area contributed by atoms with Crippen LogP contribution in [-0.2, 0) is 0 Å². The van der Waals surface area contributed by atoms with E-state index in [9.17, 15) is 39.4 Å². The third kappa shape index (κ3) is 2.33. The van der Waals surface area contributed by atoms with Gasteiger partial charge < -0.3 is 0 Å². The maximum absolute atomic E-state index is 12.3. The number of nitro benzene ring substituents is 2. The van der Waals surface area contributed by atoms with E-state index in [1.165, 1.54) is 14.1 Å². The second-order valence-corrected chi connectivity index (χ2v) is 6.68. The summed E-state index contributed by atoms with van der Waals surface area (Å²) >= 11 is 0. The van der Waals surface area contributed by atoms with Gasteiger partial charge in [0.2, 0.25) is 0 Å². The summed E-state index contributed by atoms with van der Waals surface area (Å²) in [4.78, 5) is 72.1. The Morgan fingerprint density at radius 2 is 0.833 bits per heavy atom. The summed E-state index contributed by atoms with van der Waals surface area (Å²) in [5.74, 6) is -2.92. The molecule has 0 radical (unpaired) electrons. The minimum Gasteiger partial charge on any atom is -0.277 e. The molecule has 4 amide bonds. The highest BCUT2D eigenvalue weighted by molar-refractivity contribution is 6.23. The number of imide groups is 2. The van der Waals surface area contributed by atoms with Crippen LogP contribution in [0.1, 0.15) is 41.4 Å². The van der Waals surface area contributed by atoms with Crippen molar-refractivity contribution in [3.05, 3.63) is 66.7 Å². The molecule has 4 rings (SSSR count). The van der Waals surface area contributed by atoms with E-state index < -0.39 is 44.9 Å². The zero-order valence-corrected chi connectivity index (χ0v) is 15.4. The molecular weight excluding hydrogens is 400 g/mol. The molecule has 0 bridgehead atoms. The van der Waals surface area contributed by atoms with Crippen molar-refractivity contribution in [3.63, 3.8) is 0 Å². The minimum absolute atomic E-state index is 0.155. The summed E-state index contributed by atoms with van der Waals surface area (Å²) in [7, 11) is 2.41. The minimum atomic E-state index is -0.845. The Kier molecular flexibility index (Phi) is 3.78. The Labute approximate surface area is 166 Å². The number of nitro groups is 2. The van der Waals surface area contributed by atoms with Crippen LogP contribution in [0.25, 0.3) is 11.1 Å². The molecule has 0 saturated carbocycles. The fraction of sp³-hybridized carbons (Fsp3) is 0.111. The number of fused-ring (bicyclic) bond motifs is 2. The predicted molar refractivity (Wildman–Crippen MR) is 98.0 cm³/mol. The normalized spacial score (nSPS) is 15.0. The van der Waals surface area contributed by atoms with Gasteiger partial charge in [0.25, 0.3) is 35.0 Å². The summed E-state index contributed by atoms with van der Waals surface area (Å²) < 4.78 is 0. The molecule has 0 atom stereocenters. The second kappa shape index (κ2) is 6.01. The lowest BCUT2D eigenvalue weighted by Crippen LogP contribution is -2.24. The van der Waals surface area contributed by atoms with Crippen molar-refractivity contribution in [1.82, 2.24) is 9.80 Å². The lowest BCUT2D eigenvalue weighted by Gasteiger charge is -2.08. The fourth-order valence-electron chi connectivity index (χ4n) is 3.52. The van der Waals surface area contributed by atoms with Gasteiger partial charge in [0.15, 0.2) is 0 Å². The van der Waals surface area contributed by atoms with E-state index >= 15 is 0 Å². The van der Waals surface area contributed by atoms with Gasteiger partial charge in [-0.25, -0.2) is 0 Å². The molecule has 2 aliphatic rings. The third-order valence-corrected chi connectivity index (χ3v) is 5.10. The van der Waals surface area contributed by atoms with Gasteiger partial charge in [0.1, 0.15) is 0 Å². The van der Waals surface area contributed by atoms with Crippen LogP contribution >= 0.6 is 0 Å². The summed E-state index contributed by atoms with van der Waals surface area (Å²) in [6.07, 6.45) is 0. The fourth-order valence-corrected chi connectivity index (χ4v) is 3.52. The van der Waals surface area contributed by atoms with Crippen molar-refractivity contribution in [2.24, 2.45) is 0 Å². The first-order valence-electron chi connectivity index (χ1n) is 8.34. The first-order valence-corrected chi connectivity index (χ1v) is 8.34. The van der Waals surface area contributed by atoms with Crippen LogP contribution in [0.3, 0.4) is 0 Å². The molecule has 30 heavy (non-hydrogen) atoms. The van der Waals surface area contributed by atoms with Crippen LogP contribution in [0.2, 0.25) is 0 Å². The first-order chi connectivity index (χ1) is 14.0. The van der Waals surface area contributed by atoms with Crippen molar-refractivity contribution in [2.45, 2.75) is 0 Å². The molecule has 0 aromatic heterocycles. The number of amides is 4. The summed E-state index contributed by atoms with van der Waals surface area (Å²) in [6, 6.07) is 3.81. The molecule has 2 aromatic rings. The average Bonchev–Trinajstić information content (AvgIpc) is 3.06. The molecule has 2 heterocycles. The van der Waals surface area contributed by atoms with E-state index in [2.05, 4.69) is 0 Å². The topological polar surface area (TPSA) is 161 Å². The lowest BCUT2D eigenvalue weighted by molar-refractivity contribution is -0.386. The smallest absolute Gasteiger partial charge is 0.277 e. The lowest BCUT2D eigenvalue weighted by atomic mass is 9.94. The summed E-state index contributed by atoms with van der Waals surface area (Å²) in [5, 5.41) is 23.3. The number of carbonyl (C=O) groups is 4. The van der Waals surface area contributed by atoms with Crippen molar-refractivity contribution < 1.29 is 29.0 Å². The third-order valence-electron chi connectivity index (χ3n) is 5.10. The van der Waals surface area contributed by atoms with Crippen LogP contribution in [0, 0.1) is 20.2 Å². The van der Waals surface area contributed by atoms with Crippen LogP contribution in [-0.4, -0.2) is 57.4 Å². The number of benzene rings is 2. The second-order valence-electron chi connectivity index (χ2n) is 6.68. The van der Waals surface area contributed by atoms with E-state index in [1.807, 2.05) is 0 Å².